The number of halogens is 1. The third-order valence-electron chi connectivity index (χ3n) is 3.52. The molecule has 0 heterocycles. The monoisotopic (exact) mass is 331 g/mol. The molecule has 0 aromatic heterocycles. The van der Waals surface area contributed by atoms with Crippen molar-refractivity contribution in [3.05, 3.63) is 69.7 Å². The van der Waals surface area contributed by atoms with Crippen LogP contribution in [0.1, 0.15) is 36.1 Å². The van der Waals surface area contributed by atoms with Gasteiger partial charge < -0.3 is 5.32 Å². The summed E-state index contributed by atoms with van der Waals surface area (Å²) in [5.74, 6) is 0. The molecule has 106 valence electrons. The van der Waals surface area contributed by atoms with Gasteiger partial charge in [0.05, 0.1) is 0 Å². The highest BCUT2D eigenvalue weighted by Crippen LogP contribution is 2.24. The van der Waals surface area contributed by atoms with Gasteiger partial charge in [-0.15, -0.1) is 0 Å². The molecule has 1 nitrogen and oxygen atoms in total. The van der Waals surface area contributed by atoms with Gasteiger partial charge in [0.15, 0.2) is 0 Å². The molecule has 0 aliphatic rings. The fourth-order valence-corrected chi connectivity index (χ4v) is 2.70. The van der Waals surface area contributed by atoms with E-state index in [1.165, 1.54) is 21.2 Å². The standard InChI is InChI=1S/C18H22BrN/c1-3-11-20-18(12-15-7-5-4-6-8-15)16-10-9-14(2)17(19)13-16/h4-10,13,18,20H,3,11-12H2,1-2H3. The maximum absolute atomic E-state index is 3.66. The Labute approximate surface area is 130 Å². The lowest BCUT2D eigenvalue weighted by Gasteiger charge is -2.20. The Bertz CT molecular complexity index is 536. The van der Waals surface area contributed by atoms with Crippen LogP contribution in [-0.2, 0) is 6.42 Å². The van der Waals surface area contributed by atoms with E-state index >= 15 is 0 Å². The molecule has 1 N–H and O–H groups in total. The molecule has 0 saturated carbocycles. The lowest BCUT2D eigenvalue weighted by Crippen LogP contribution is -2.24. The highest BCUT2D eigenvalue weighted by Gasteiger charge is 2.12. The van der Waals surface area contributed by atoms with E-state index < -0.39 is 0 Å². The Morgan fingerprint density at radius 3 is 2.50 bits per heavy atom. The normalized spacial score (nSPS) is 12.3. The summed E-state index contributed by atoms with van der Waals surface area (Å²) in [6.45, 7) is 5.38. The van der Waals surface area contributed by atoms with Gasteiger partial charge in [0.2, 0.25) is 0 Å². The fourth-order valence-electron chi connectivity index (χ4n) is 2.30. The zero-order valence-corrected chi connectivity index (χ0v) is 13.8. The second-order valence-electron chi connectivity index (χ2n) is 5.21. The van der Waals surface area contributed by atoms with Gasteiger partial charge in [-0.05, 0) is 49.1 Å². The summed E-state index contributed by atoms with van der Waals surface area (Å²) in [4.78, 5) is 0. The molecule has 0 bridgehead atoms. The Morgan fingerprint density at radius 1 is 1.10 bits per heavy atom. The lowest BCUT2D eigenvalue weighted by atomic mass is 9.98. The second kappa shape index (κ2) is 7.61. The van der Waals surface area contributed by atoms with Crippen LogP contribution >= 0.6 is 15.9 Å². The summed E-state index contributed by atoms with van der Waals surface area (Å²) in [6, 6.07) is 17.7. The molecule has 0 aliphatic carbocycles. The molecule has 0 amide bonds. The van der Waals surface area contributed by atoms with Gasteiger partial charge in [-0.25, -0.2) is 0 Å². The van der Waals surface area contributed by atoms with Crippen molar-refractivity contribution in [2.75, 3.05) is 6.54 Å². The Morgan fingerprint density at radius 2 is 1.85 bits per heavy atom. The number of benzene rings is 2. The topological polar surface area (TPSA) is 12.0 Å². The van der Waals surface area contributed by atoms with Crippen LogP contribution in [0.4, 0.5) is 0 Å². The number of rotatable bonds is 6. The molecule has 0 aliphatic heterocycles. The van der Waals surface area contributed by atoms with E-state index in [2.05, 4.69) is 83.6 Å². The van der Waals surface area contributed by atoms with E-state index in [9.17, 15) is 0 Å². The number of nitrogens with one attached hydrogen (secondary N) is 1. The number of hydrogen-bond acceptors (Lipinski definition) is 1. The molecule has 0 saturated heterocycles. The van der Waals surface area contributed by atoms with Crippen LogP contribution in [-0.4, -0.2) is 6.54 Å². The van der Waals surface area contributed by atoms with Crippen LogP contribution in [0.3, 0.4) is 0 Å². The van der Waals surface area contributed by atoms with Crippen molar-refractivity contribution in [1.82, 2.24) is 5.32 Å². The third kappa shape index (κ3) is 4.19. The number of aryl methyl sites for hydroxylation is 1. The molecule has 0 spiro atoms. The molecule has 2 rings (SSSR count). The molecule has 0 radical (unpaired) electrons. The Kier molecular flexibility index (Phi) is 5.81. The van der Waals surface area contributed by atoms with Gasteiger partial charge in [-0.3, -0.25) is 0 Å². The summed E-state index contributed by atoms with van der Waals surface area (Å²) in [7, 11) is 0. The van der Waals surface area contributed by atoms with Crippen LogP contribution in [0.5, 0.6) is 0 Å². The van der Waals surface area contributed by atoms with Crippen molar-refractivity contribution >= 4 is 15.9 Å². The minimum absolute atomic E-state index is 0.370. The van der Waals surface area contributed by atoms with Gasteiger partial charge in [0.25, 0.3) is 0 Å². The summed E-state index contributed by atoms with van der Waals surface area (Å²) in [5, 5.41) is 3.66. The molecule has 1 unspecified atom stereocenters. The smallest absolute Gasteiger partial charge is 0.0361 e. The maximum Gasteiger partial charge on any atom is 0.0361 e. The molecule has 0 fully saturated rings. The molecular formula is C18H22BrN. The minimum Gasteiger partial charge on any atom is -0.310 e. The van der Waals surface area contributed by atoms with Crippen molar-refractivity contribution in [3.63, 3.8) is 0 Å². The molecule has 2 aromatic rings. The highest BCUT2D eigenvalue weighted by molar-refractivity contribution is 9.10. The van der Waals surface area contributed by atoms with Crippen molar-refractivity contribution in [1.29, 1.82) is 0 Å². The van der Waals surface area contributed by atoms with E-state index in [0.29, 0.717) is 6.04 Å². The first-order chi connectivity index (χ1) is 9.70. The minimum atomic E-state index is 0.370. The average molecular weight is 332 g/mol. The zero-order valence-electron chi connectivity index (χ0n) is 12.2. The first kappa shape index (κ1) is 15.3. The predicted octanol–water partition coefficient (Wildman–Crippen LogP) is 5.04. The van der Waals surface area contributed by atoms with Crippen LogP contribution in [0.2, 0.25) is 0 Å². The van der Waals surface area contributed by atoms with Crippen LogP contribution < -0.4 is 5.32 Å². The number of hydrogen-bond donors (Lipinski definition) is 1. The van der Waals surface area contributed by atoms with Gasteiger partial charge in [0, 0.05) is 10.5 Å². The van der Waals surface area contributed by atoms with Crippen molar-refractivity contribution < 1.29 is 0 Å². The lowest BCUT2D eigenvalue weighted by molar-refractivity contribution is 0.529. The first-order valence-electron chi connectivity index (χ1n) is 7.24. The fraction of sp³-hybridized carbons (Fsp3) is 0.333. The first-order valence-corrected chi connectivity index (χ1v) is 8.03. The van der Waals surface area contributed by atoms with Crippen molar-refractivity contribution in [2.24, 2.45) is 0 Å². The highest BCUT2D eigenvalue weighted by atomic mass is 79.9. The summed E-state index contributed by atoms with van der Waals surface area (Å²) in [5.41, 5.74) is 4.00. The molecule has 2 aromatic carbocycles. The van der Waals surface area contributed by atoms with Gasteiger partial charge in [-0.2, -0.15) is 0 Å². The predicted molar refractivity (Wildman–Crippen MR) is 90.1 cm³/mol. The van der Waals surface area contributed by atoms with Crippen LogP contribution in [0, 0.1) is 6.92 Å². The van der Waals surface area contributed by atoms with E-state index in [-0.39, 0.29) is 0 Å². The molecule has 2 heteroatoms. The Balaban J connectivity index is 2.20. The van der Waals surface area contributed by atoms with E-state index in [0.717, 1.165) is 19.4 Å². The maximum atomic E-state index is 3.66. The van der Waals surface area contributed by atoms with E-state index in [4.69, 9.17) is 0 Å². The second-order valence-corrected chi connectivity index (χ2v) is 6.06. The zero-order chi connectivity index (χ0) is 14.4. The van der Waals surface area contributed by atoms with Crippen molar-refractivity contribution in [3.8, 4) is 0 Å². The summed E-state index contributed by atoms with van der Waals surface area (Å²) in [6.07, 6.45) is 2.18. The van der Waals surface area contributed by atoms with Crippen molar-refractivity contribution in [2.45, 2.75) is 32.7 Å². The van der Waals surface area contributed by atoms with Crippen LogP contribution in [0.15, 0.2) is 53.0 Å². The van der Waals surface area contributed by atoms with Gasteiger partial charge in [-0.1, -0.05) is 65.3 Å². The molecule has 20 heavy (non-hydrogen) atoms. The van der Waals surface area contributed by atoms with E-state index in [1.54, 1.807) is 0 Å². The Hall–Kier alpha value is -1.12. The molecule has 1 atom stereocenters. The molecular weight excluding hydrogens is 310 g/mol. The largest absolute Gasteiger partial charge is 0.310 e. The van der Waals surface area contributed by atoms with Gasteiger partial charge >= 0.3 is 0 Å². The van der Waals surface area contributed by atoms with E-state index in [1.807, 2.05) is 0 Å². The SMILES string of the molecule is CCCNC(Cc1ccccc1)c1ccc(C)c(Br)c1. The third-order valence-corrected chi connectivity index (χ3v) is 4.38. The van der Waals surface area contributed by atoms with Crippen LogP contribution in [0.25, 0.3) is 0 Å². The quantitative estimate of drug-likeness (QED) is 0.781. The summed E-state index contributed by atoms with van der Waals surface area (Å²) < 4.78 is 1.19. The average Bonchev–Trinajstić information content (AvgIpc) is 2.47. The van der Waals surface area contributed by atoms with Gasteiger partial charge in [0.1, 0.15) is 0 Å². The summed E-state index contributed by atoms with van der Waals surface area (Å²) >= 11 is 3.64.